The predicted octanol–water partition coefficient (Wildman–Crippen LogP) is 3.16. The van der Waals surface area contributed by atoms with E-state index < -0.39 is 17.6 Å². The number of rotatable bonds is 7. The monoisotopic (exact) mass is 352 g/mol. The van der Waals surface area contributed by atoms with Gasteiger partial charge in [0.05, 0.1) is 11.1 Å². The third kappa shape index (κ3) is 6.92. The van der Waals surface area contributed by atoms with Crippen molar-refractivity contribution in [1.29, 1.82) is 0 Å². The number of hydrogen-bond donors (Lipinski definition) is 2. The summed E-state index contributed by atoms with van der Waals surface area (Å²) in [6.45, 7) is 5.59. The molecule has 0 aliphatic carbocycles. The average Bonchev–Trinajstić information content (AvgIpc) is 2.43. The van der Waals surface area contributed by atoms with Gasteiger partial charge in [-0.05, 0) is 31.5 Å². The molecule has 1 aromatic rings. The number of carbonyl (C=O) groups excluding carboxylic acids is 1. The number of nitrogens with two attached hydrogens (primary N) is 1. The second-order valence-electron chi connectivity index (χ2n) is 4.83. The van der Waals surface area contributed by atoms with Gasteiger partial charge in [0.15, 0.2) is 0 Å². The molecule has 130 valence electrons. The minimum Gasteiger partial charge on any atom is -0.489 e. The molecule has 0 bridgehead atoms. The summed E-state index contributed by atoms with van der Waals surface area (Å²) in [5.74, 6) is -0.558. The molecule has 23 heavy (non-hydrogen) atoms. The van der Waals surface area contributed by atoms with Crippen LogP contribution in [0.4, 0.5) is 13.2 Å². The Balaban J connectivity index is 0.00000484. The molecule has 8 heteroatoms. The number of hydrogen-bond acceptors (Lipinski definition) is 3. The van der Waals surface area contributed by atoms with Gasteiger partial charge in [0.2, 0.25) is 0 Å². The summed E-state index contributed by atoms with van der Waals surface area (Å²) in [6.07, 6.45) is -2.57. The number of benzene rings is 1. The minimum atomic E-state index is -4.53. The minimum absolute atomic E-state index is 0. The topological polar surface area (TPSA) is 64.3 Å². The Morgan fingerprint density at radius 1 is 1.48 bits per heavy atom. The van der Waals surface area contributed by atoms with E-state index in [2.05, 4.69) is 11.9 Å². The Morgan fingerprint density at radius 3 is 2.65 bits per heavy atom. The van der Waals surface area contributed by atoms with Crippen LogP contribution in [-0.4, -0.2) is 25.1 Å². The first-order chi connectivity index (χ1) is 10.3. The van der Waals surface area contributed by atoms with Gasteiger partial charge in [-0.1, -0.05) is 12.7 Å². The number of amides is 1. The van der Waals surface area contributed by atoms with Gasteiger partial charge in [0, 0.05) is 12.6 Å². The number of carbonyl (C=O) groups is 1. The lowest BCUT2D eigenvalue weighted by molar-refractivity contribution is -0.137. The Hall–Kier alpha value is -1.73. The lowest BCUT2D eigenvalue weighted by atomic mass is 10.1. The van der Waals surface area contributed by atoms with Crippen molar-refractivity contribution in [2.24, 2.45) is 5.73 Å². The quantitative estimate of drug-likeness (QED) is 0.741. The van der Waals surface area contributed by atoms with E-state index in [1.807, 2.05) is 0 Å². The zero-order valence-corrected chi connectivity index (χ0v) is 13.5. The van der Waals surface area contributed by atoms with Gasteiger partial charge in [-0.15, -0.1) is 12.4 Å². The normalized spacial score (nSPS) is 12.0. The van der Waals surface area contributed by atoms with Crippen molar-refractivity contribution < 1.29 is 22.7 Å². The smallest absolute Gasteiger partial charge is 0.416 e. The lowest BCUT2D eigenvalue weighted by Gasteiger charge is -2.14. The number of alkyl halides is 3. The van der Waals surface area contributed by atoms with Crippen LogP contribution in [0.3, 0.4) is 0 Å². The van der Waals surface area contributed by atoms with Gasteiger partial charge >= 0.3 is 6.18 Å². The summed E-state index contributed by atoms with van der Waals surface area (Å²) >= 11 is 0. The average molecular weight is 353 g/mol. The van der Waals surface area contributed by atoms with Crippen molar-refractivity contribution >= 4 is 18.3 Å². The van der Waals surface area contributed by atoms with Crippen LogP contribution in [-0.2, 0) is 6.18 Å². The van der Waals surface area contributed by atoms with E-state index in [0.29, 0.717) is 6.42 Å². The molecule has 0 radical (unpaired) electrons. The van der Waals surface area contributed by atoms with E-state index in [0.717, 1.165) is 18.2 Å². The second-order valence-corrected chi connectivity index (χ2v) is 4.83. The molecule has 4 nitrogen and oxygen atoms in total. The fraction of sp³-hybridized carbons (Fsp3) is 0.400. The van der Waals surface area contributed by atoms with Gasteiger partial charge in [0.1, 0.15) is 12.4 Å². The molecule has 0 aliphatic rings. The van der Waals surface area contributed by atoms with Crippen molar-refractivity contribution in [2.45, 2.75) is 25.6 Å². The van der Waals surface area contributed by atoms with Crippen LogP contribution in [0.25, 0.3) is 0 Å². The SMILES string of the molecule is C=CCOc1ccc(C(F)(F)F)cc1C(=O)NCCC(C)N.Cl. The molecule has 0 aliphatic heterocycles. The Labute approximate surface area is 139 Å². The molecule has 1 unspecified atom stereocenters. The number of ether oxygens (including phenoxy) is 1. The van der Waals surface area contributed by atoms with Crippen molar-refractivity contribution in [2.75, 3.05) is 13.2 Å². The van der Waals surface area contributed by atoms with Gasteiger partial charge in [0.25, 0.3) is 5.91 Å². The van der Waals surface area contributed by atoms with Gasteiger partial charge in [-0.2, -0.15) is 13.2 Å². The maximum atomic E-state index is 12.8. The summed E-state index contributed by atoms with van der Waals surface area (Å²) < 4.78 is 43.5. The molecule has 0 heterocycles. The molecule has 0 saturated carbocycles. The van der Waals surface area contributed by atoms with E-state index >= 15 is 0 Å². The van der Waals surface area contributed by atoms with E-state index in [4.69, 9.17) is 10.5 Å². The fourth-order valence-corrected chi connectivity index (χ4v) is 1.67. The van der Waals surface area contributed by atoms with Gasteiger partial charge < -0.3 is 15.8 Å². The van der Waals surface area contributed by atoms with Crippen molar-refractivity contribution in [3.05, 3.63) is 42.0 Å². The maximum absolute atomic E-state index is 12.8. The maximum Gasteiger partial charge on any atom is 0.416 e. The fourth-order valence-electron chi connectivity index (χ4n) is 1.67. The summed E-state index contributed by atoms with van der Waals surface area (Å²) in [4.78, 5) is 12.1. The third-order valence-electron chi connectivity index (χ3n) is 2.79. The zero-order chi connectivity index (χ0) is 16.8. The lowest BCUT2D eigenvalue weighted by Crippen LogP contribution is -2.29. The van der Waals surface area contributed by atoms with Gasteiger partial charge in [-0.3, -0.25) is 4.79 Å². The van der Waals surface area contributed by atoms with E-state index in [9.17, 15) is 18.0 Å². The molecule has 0 saturated heterocycles. The summed E-state index contributed by atoms with van der Waals surface area (Å²) in [5.41, 5.74) is 4.49. The van der Waals surface area contributed by atoms with Crippen LogP contribution in [0.15, 0.2) is 30.9 Å². The highest BCUT2D eigenvalue weighted by Crippen LogP contribution is 2.32. The van der Waals surface area contributed by atoms with Crippen LogP contribution in [0.2, 0.25) is 0 Å². The second kappa shape index (κ2) is 9.42. The summed E-state index contributed by atoms with van der Waals surface area (Å²) in [5, 5.41) is 2.53. The van der Waals surface area contributed by atoms with Crippen LogP contribution in [0, 0.1) is 0 Å². The summed E-state index contributed by atoms with van der Waals surface area (Å²) in [7, 11) is 0. The molecule has 1 rings (SSSR count). The van der Waals surface area contributed by atoms with Crippen molar-refractivity contribution in [3.8, 4) is 5.75 Å². The predicted molar refractivity (Wildman–Crippen MR) is 85.0 cm³/mol. The molecular weight excluding hydrogens is 333 g/mol. The molecule has 0 spiro atoms. The van der Waals surface area contributed by atoms with Crippen LogP contribution >= 0.6 is 12.4 Å². The van der Waals surface area contributed by atoms with E-state index in [1.54, 1.807) is 6.92 Å². The first-order valence-electron chi connectivity index (χ1n) is 6.74. The third-order valence-corrected chi connectivity index (χ3v) is 2.79. The molecule has 1 amide bonds. The number of nitrogens with one attached hydrogen (secondary N) is 1. The van der Waals surface area contributed by atoms with Crippen LogP contribution < -0.4 is 15.8 Å². The van der Waals surface area contributed by atoms with E-state index in [1.165, 1.54) is 6.08 Å². The molecule has 0 fully saturated rings. The zero-order valence-electron chi connectivity index (χ0n) is 12.7. The molecule has 0 aromatic heterocycles. The Bertz CT molecular complexity index is 534. The van der Waals surface area contributed by atoms with Gasteiger partial charge in [-0.25, -0.2) is 0 Å². The Kier molecular flexibility index (Phi) is 8.71. The largest absolute Gasteiger partial charge is 0.489 e. The highest BCUT2D eigenvalue weighted by molar-refractivity contribution is 5.97. The standard InChI is InChI=1S/C15H19F3N2O2.ClH/c1-3-8-22-13-5-4-11(15(16,17)18)9-12(13)14(21)20-7-6-10(2)19;/h3-5,9-10H,1,6-8,19H2,2H3,(H,20,21);1H. The highest BCUT2D eigenvalue weighted by Gasteiger charge is 2.32. The first kappa shape index (κ1) is 21.3. The Morgan fingerprint density at radius 2 is 2.13 bits per heavy atom. The molecule has 1 atom stereocenters. The molecular formula is C15H20ClF3N2O2. The molecule has 3 N–H and O–H groups in total. The molecule has 1 aromatic carbocycles. The van der Waals surface area contributed by atoms with Crippen molar-refractivity contribution in [1.82, 2.24) is 5.32 Å². The van der Waals surface area contributed by atoms with E-state index in [-0.39, 0.29) is 42.9 Å². The first-order valence-corrected chi connectivity index (χ1v) is 6.74. The van der Waals surface area contributed by atoms with Crippen LogP contribution in [0.5, 0.6) is 5.75 Å². The highest BCUT2D eigenvalue weighted by atomic mass is 35.5. The number of halogens is 4. The van der Waals surface area contributed by atoms with Crippen LogP contribution in [0.1, 0.15) is 29.3 Å². The summed E-state index contributed by atoms with van der Waals surface area (Å²) in [6, 6.07) is 2.67. The van der Waals surface area contributed by atoms with Crippen molar-refractivity contribution in [3.63, 3.8) is 0 Å².